The van der Waals surface area contributed by atoms with Crippen LogP contribution in [0.4, 0.5) is 10.5 Å². The summed E-state index contributed by atoms with van der Waals surface area (Å²) < 4.78 is 86.4. The molecule has 2 aromatic rings. The topological polar surface area (TPSA) is 250 Å². The summed E-state index contributed by atoms with van der Waals surface area (Å²) in [5.41, 5.74) is 0.988. The Morgan fingerprint density at radius 1 is 0.517 bits per heavy atom. The number of amides is 3. The van der Waals surface area contributed by atoms with Gasteiger partial charge in [-0.15, -0.1) is 0 Å². The van der Waals surface area contributed by atoms with E-state index in [9.17, 15) is 22.8 Å². The van der Waals surface area contributed by atoms with E-state index >= 15 is 0 Å². The van der Waals surface area contributed by atoms with E-state index in [0.29, 0.717) is 157 Å². The van der Waals surface area contributed by atoms with Crippen LogP contribution in [0.5, 0.6) is 0 Å². The quantitative estimate of drug-likeness (QED) is 0.0273. The van der Waals surface area contributed by atoms with Gasteiger partial charge < -0.3 is 86.1 Å². The Morgan fingerprint density at radius 2 is 0.925 bits per heavy atom. The van der Waals surface area contributed by atoms with E-state index in [-0.39, 0.29) is 39.0 Å². The summed E-state index contributed by atoms with van der Waals surface area (Å²) >= 11 is 1.98. The lowest BCUT2D eigenvalue weighted by molar-refractivity contribution is -0.121. The molecule has 2 heterocycles. The van der Waals surface area contributed by atoms with E-state index in [4.69, 9.17) is 62.5 Å². The lowest BCUT2D eigenvalue weighted by Crippen LogP contribution is -2.34. The number of sulfonamides is 1. The van der Waals surface area contributed by atoms with E-state index in [1.165, 1.54) is 32.8 Å². The zero-order valence-electron chi connectivity index (χ0n) is 77.6. The molecule has 7 unspecified atom stereocenters. The molecule has 4 N–H and O–H groups in total. The minimum absolute atomic E-state index is 0.0306. The van der Waals surface area contributed by atoms with Crippen molar-refractivity contribution in [2.75, 3.05) is 138 Å². The zero-order chi connectivity index (χ0) is 90.1. The number of carbonyl (C=O) groups is 3. The Bertz CT molecular complexity index is 3210. The molecule has 0 saturated carbocycles. The third kappa shape index (κ3) is 54.3. The van der Waals surface area contributed by atoms with E-state index in [2.05, 4.69) is 188 Å². The second-order valence-electron chi connectivity index (χ2n) is 32.1. The largest absolute Gasteiger partial charge is 0.453 e. The highest BCUT2D eigenvalue weighted by atomic mass is 32.2. The lowest BCUT2D eigenvalue weighted by Gasteiger charge is -2.35. The van der Waals surface area contributed by atoms with Gasteiger partial charge in [0, 0.05) is 123 Å². The number of hydrogen-bond acceptors (Lipinski definition) is 20. The van der Waals surface area contributed by atoms with Crippen molar-refractivity contribution in [3.63, 3.8) is 0 Å². The molecule has 120 heavy (non-hydrogen) atoms. The van der Waals surface area contributed by atoms with E-state index < -0.39 is 35.6 Å². The molecule has 33 heteroatoms. The van der Waals surface area contributed by atoms with Gasteiger partial charge in [-0.1, -0.05) is 102 Å². The van der Waals surface area contributed by atoms with E-state index in [1.807, 2.05) is 55.0 Å². The number of methoxy groups -OCH3 is 1. The average molecular weight is 1800 g/mol. The van der Waals surface area contributed by atoms with Crippen LogP contribution in [0.3, 0.4) is 0 Å². The first-order chi connectivity index (χ1) is 57.3. The Kier molecular flexibility index (Phi) is 70.9. The van der Waals surface area contributed by atoms with Crippen molar-refractivity contribution >= 4 is 90.8 Å². The molecule has 0 aliphatic carbocycles. The number of anilines is 1. The number of nitrogens with zero attached hydrogens (tertiary/aromatic N) is 9. The molecule has 27 nitrogen and oxygen atoms in total. The Morgan fingerprint density at radius 3 is 1.36 bits per heavy atom. The Balaban J connectivity index is 0.00000155. The first-order valence-electron chi connectivity index (χ1n) is 44.1. The maximum atomic E-state index is 13.0. The normalized spacial score (nSPS) is 15.3. The van der Waals surface area contributed by atoms with Crippen molar-refractivity contribution in [3.05, 3.63) is 82.1 Å². The molecule has 690 valence electrons. The molecule has 3 amide bonds. The fourth-order valence-corrected chi connectivity index (χ4v) is 21.3. The number of thioether (sulfide) groups is 1. The summed E-state index contributed by atoms with van der Waals surface area (Å²) in [6, 6.07) is 14.8. The van der Waals surface area contributed by atoms with Crippen LogP contribution in [0, 0.1) is 32.2 Å². The van der Waals surface area contributed by atoms with Crippen molar-refractivity contribution < 1.29 is 63.7 Å². The second-order valence-corrected chi connectivity index (χ2v) is 40.2. The molecule has 7 atom stereocenters. The number of nitrogens with one attached hydrogen (secondary N) is 4. The zero-order valence-corrected chi connectivity index (χ0v) is 82.9. The number of carbonyl (C=O) groups excluding carboxylic acids is 3. The van der Waals surface area contributed by atoms with Gasteiger partial charge in [-0.2, -0.15) is 11.8 Å². The maximum Gasteiger partial charge on any atom is 0.406 e. The molecule has 0 bridgehead atoms. The van der Waals surface area contributed by atoms with Gasteiger partial charge in [0.1, 0.15) is 26.4 Å². The van der Waals surface area contributed by atoms with Gasteiger partial charge in [0.15, 0.2) is 9.03 Å². The Labute approximate surface area is 738 Å². The van der Waals surface area contributed by atoms with Crippen molar-refractivity contribution in [3.8, 4) is 0 Å². The summed E-state index contributed by atoms with van der Waals surface area (Å²) in [6.45, 7) is 71.7. The van der Waals surface area contributed by atoms with Crippen LogP contribution in [0.15, 0.2) is 41.3 Å². The number of benzene rings is 2. The molecule has 2 aliphatic rings. The van der Waals surface area contributed by atoms with Crippen LogP contribution < -0.4 is 25.6 Å². The highest BCUT2D eigenvalue weighted by Crippen LogP contribution is 2.48. The number of rotatable bonds is 62. The molecule has 2 aromatic carbocycles. The van der Waals surface area contributed by atoms with Crippen LogP contribution in [-0.2, 0) is 60.5 Å². The van der Waals surface area contributed by atoms with Crippen molar-refractivity contribution in [1.82, 2.24) is 39.6 Å². The molecule has 2 saturated heterocycles. The lowest BCUT2D eigenvalue weighted by atomic mass is 9.97. The molecule has 0 radical (unpaired) electrons. The van der Waals surface area contributed by atoms with Gasteiger partial charge in [0.05, 0.1) is 38.4 Å². The Hall–Kier alpha value is -3.83. The number of unbranched alkanes of at least 4 members (excludes halogenated alkanes) is 14. The molecule has 0 aromatic heterocycles. The van der Waals surface area contributed by atoms with Crippen LogP contribution in [-0.4, -0.2) is 238 Å². The maximum absolute atomic E-state index is 13.0. The molecule has 0 spiro atoms. The minimum Gasteiger partial charge on any atom is -0.453 e. The third-order valence-corrected chi connectivity index (χ3v) is 29.3. The fraction of sp³-hybridized carbons (Fsp3) is 0.805. The first-order valence-corrected chi connectivity index (χ1v) is 50.8. The molecule has 2 fully saturated rings. The van der Waals surface area contributed by atoms with Gasteiger partial charge in [-0.25, -0.2) is 58.2 Å². The number of hydrogen-bond donors (Lipinski definition) is 4. The van der Waals surface area contributed by atoms with Gasteiger partial charge in [-0.3, -0.25) is 9.59 Å². The van der Waals surface area contributed by atoms with E-state index in [1.54, 1.807) is 12.1 Å². The third-order valence-electron chi connectivity index (χ3n) is 19.2. The SMILES string of the molecule is CC(C)N(C)C(C)C.[C-]#[N+]CCOP(OCCCCCCC)N(C(C)C)C(C)C.[C-]#[N+]CCOP(OCCCCCCNC(=O)OC)N(C(C)C)C(C)C.[C-]#[N+]CCOP(OCCCCCCNS(=O)(=O)c1cccc2c(N(C)C)cccc12)N(C(C)C)C(C)C.[C-]#[N+]CCOPOCCCCCCNC(=O)CCCCC1SCC2CC(=O)NC21. The number of ether oxygens (including phenoxy) is 1. The first kappa shape index (κ1) is 116. The predicted octanol–water partition coefficient (Wildman–Crippen LogP) is 20.5. The monoisotopic (exact) mass is 1800 g/mol. The minimum atomic E-state index is -3.61. The van der Waals surface area contributed by atoms with Crippen LogP contribution in [0.1, 0.15) is 259 Å². The van der Waals surface area contributed by atoms with Gasteiger partial charge in [-0.05, 0) is 199 Å². The highest BCUT2D eigenvalue weighted by molar-refractivity contribution is 8.00. The smallest absolute Gasteiger partial charge is 0.406 e. The van der Waals surface area contributed by atoms with Crippen LogP contribution in [0.25, 0.3) is 30.2 Å². The summed E-state index contributed by atoms with van der Waals surface area (Å²) in [5.74, 6) is 1.98. The van der Waals surface area contributed by atoms with Crippen LogP contribution in [0.2, 0.25) is 0 Å². The number of fused-ring (bicyclic) bond motifs is 2. The standard InChI is InChI=1S/C27H43N4O4PS.C20H34N3O4PS.C17H34N3O4P.C16H33N2O2P.C7H17N/c1-22(2)31(23(3)4)36(35-21-19-28-5)34-20-11-9-8-10-18-29-37(32,33)27-17-13-14-24-25(27)15-12-16-26(24)30(6)7;1-21-11-13-27-28-26-12-7-3-2-6-10-22-18(24)9-5-4-8-17-20-16(15-29-17)14-19(25)23-20;1-15(2)20(16(3)4)25(24-14-12-18-5)23-13-10-8-7-9-11-19-17(21)22-6;1-7-8-9-10-11-13-19-21(20-14-12-17-6)18(15(2)3)16(4)5;1-6(2)8(5)7(3)4/h12-17,22-23,29H,8-11,18-21H2,1-4,6-7H3;16-17,20,28H,2-15H2,(H,22,24)(H,23,25);15-16H,7-14H2,1-4,6H3,(H,19,21);15-16H,7-14H2,1-5H3;6-7H,1-5H3. The van der Waals surface area contributed by atoms with Gasteiger partial charge in [0.25, 0.3) is 25.6 Å². The van der Waals surface area contributed by atoms with Gasteiger partial charge >= 0.3 is 6.09 Å². The molecular weight excluding hydrogens is 1640 g/mol. The van der Waals surface area contributed by atoms with Gasteiger partial charge in [0.2, 0.25) is 48.0 Å². The average Bonchev–Trinajstić information content (AvgIpc) is 0.990. The second kappa shape index (κ2) is 73.2. The summed E-state index contributed by atoms with van der Waals surface area (Å²) in [4.78, 5) is 52.2. The summed E-state index contributed by atoms with van der Waals surface area (Å²) in [7, 11) is 0.443. The molecular formula is C87H161N13O14P4S2. The summed E-state index contributed by atoms with van der Waals surface area (Å²) in [6.07, 6.45) is 21.7. The molecule has 2 aliphatic heterocycles. The van der Waals surface area contributed by atoms with Crippen LogP contribution >= 0.6 is 46.4 Å². The molecule has 4 rings (SSSR count). The number of alkyl carbamates (subject to hydrolysis) is 1. The highest BCUT2D eigenvalue weighted by Gasteiger charge is 2.43. The summed E-state index contributed by atoms with van der Waals surface area (Å²) in [5, 5.41) is 11.0. The van der Waals surface area contributed by atoms with Crippen molar-refractivity contribution in [1.29, 1.82) is 0 Å². The van der Waals surface area contributed by atoms with Crippen molar-refractivity contribution in [2.24, 2.45) is 5.92 Å². The van der Waals surface area contributed by atoms with Crippen molar-refractivity contribution in [2.45, 2.75) is 323 Å². The predicted molar refractivity (Wildman–Crippen MR) is 503 cm³/mol. The fourth-order valence-electron chi connectivity index (χ4n) is 13.0. The van der Waals surface area contributed by atoms with E-state index in [0.717, 1.165) is 138 Å².